The lowest BCUT2D eigenvalue weighted by atomic mass is 10.0. The molecular formula is C33H44F2N8O5. The van der Waals surface area contributed by atoms with Crippen LogP contribution < -0.4 is 15.1 Å². The minimum atomic E-state index is -0.699. The Morgan fingerprint density at radius 2 is 1.83 bits per heavy atom. The van der Waals surface area contributed by atoms with Crippen molar-refractivity contribution in [1.29, 1.82) is 0 Å². The van der Waals surface area contributed by atoms with Crippen molar-refractivity contribution in [3.05, 3.63) is 59.7 Å². The van der Waals surface area contributed by atoms with Crippen LogP contribution in [0.15, 0.2) is 52.9 Å². The Kier molecular flexibility index (Phi) is 11.1. The van der Waals surface area contributed by atoms with Gasteiger partial charge in [-0.3, -0.25) is 4.79 Å². The second-order valence-electron chi connectivity index (χ2n) is 13.3. The molecule has 5 rings (SSSR count). The lowest BCUT2D eigenvalue weighted by Gasteiger charge is -2.35. The van der Waals surface area contributed by atoms with E-state index in [1.54, 1.807) is 44.9 Å². The highest BCUT2D eigenvalue weighted by molar-refractivity contribution is 5.93. The second-order valence-corrected chi connectivity index (χ2v) is 13.3. The summed E-state index contributed by atoms with van der Waals surface area (Å²) in [6, 6.07) is 0.0933. The SMILES string of the molecule is CC(C=CC1CN(c2ncc(C(=O)N(C)C3CCN(c4nc(C5CCCO5)no4)CC3)cn2)CC1NC(=O)OC(C)(C)C)=C(F)C=CF. The van der Waals surface area contributed by atoms with Gasteiger partial charge in [-0.05, 0) is 59.0 Å². The summed E-state index contributed by atoms with van der Waals surface area (Å²) in [6.45, 7) is 9.66. The molecule has 0 radical (unpaired) electrons. The number of alkyl carbamates (subject to hydrolysis) is 1. The van der Waals surface area contributed by atoms with Gasteiger partial charge in [0.25, 0.3) is 5.91 Å². The molecule has 260 valence electrons. The first kappa shape index (κ1) is 34.9. The third-order valence-corrected chi connectivity index (χ3v) is 8.67. The minimum Gasteiger partial charge on any atom is -0.444 e. The van der Waals surface area contributed by atoms with Gasteiger partial charge in [0.1, 0.15) is 17.5 Å². The summed E-state index contributed by atoms with van der Waals surface area (Å²) < 4.78 is 43.1. The molecule has 0 saturated carbocycles. The maximum atomic E-state index is 14.1. The van der Waals surface area contributed by atoms with Crippen LogP contribution >= 0.6 is 0 Å². The van der Waals surface area contributed by atoms with E-state index in [1.807, 2.05) is 9.80 Å². The van der Waals surface area contributed by atoms with Crippen molar-refractivity contribution in [2.45, 2.75) is 77.2 Å². The molecule has 2 aromatic heterocycles. The van der Waals surface area contributed by atoms with Gasteiger partial charge in [0.05, 0.1) is 17.9 Å². The van der Waals surface area contributed by atoms with E-state index < -0.39 is 23.6 Å². The molecule has 5 heterocycles. The zero-order valence-corrected chi connectivity index (χ0v) is 28.1. The van der Waals surface area contributed by atoms with Gasteiger partial charge in [-0.15, -0.1) is 0 Å². The van der Waals surface area contributed by atoms with Gasteiger partial charge in [-0.2, -0.15) is 4.98 Å². The van der Waals surface area contributed by atoms with Crippen LogP contribution in [0.2, 0.25) is 0 Å². The van der Waals surface area contributed by atoms with Crippen molar-refractivity contribution in [2.75, 3.05) is 49.6 Å². The van der Waals surface area contributed by atoms with Gasteiger partial charge in [0.2, 0.25) is 11.8 Å². The normalized spacial score (nSPS) is 22.9. The van der Waals surface area contributed by atoms with Crippen LogP contribution in [0.1, 0.15) is 75.7 Å². The smallest absolute Gasteiger partial charge is 0.407 e. The zero-order valence-electron chi connectivity index (χ0n) is 28.1. The first-order valence-electron chi connectivity index (χ1n) is 16.3. The zero-order chi connectivity index (χ0) is 34.4. The van der Waals surface area contributed by atoms with Gasteiger partial charge in [0, 0.05) is 70.3 Å². The van der Waals surface area contributed by atoms with Crippen molar-refractivity contribution in [2.24, 2.45) is 5.92 Å². The van der Waals surface area contributed by atoms with E-state index in [9.17, 15) is 18.4 Å². The molecule has 1 N–H and O–H groups in total. The third kappa shape index (κ3) is 8.74. The number of anilines is 2. The van der Waals surface area contributed by atoms with E-state index >= 15 is 0 Å². The standard InChI is InChI=1S/C33H44F2N8O5/c1-21(25(35)10-13-34)8-9-22-19-43(20-26(22)38-32(45)47-33(2,3)4)30-36-17-23(18-37-30)29(44)41(5)24-11-14-42(15-12-24)31-39-28(40-48-31)27-7-6-16-46-27/h8-10,13,17-18,22,24,26-27H,6-7,11-12,14-16,19-20H2,1-5H3,(H,38,45). The largest absolute Gasteiger partial charge is 0.444 e. The van der Waals surface area contributed by atoms with Crippen LogP contribution in [-0.4, -0.2) is 94.5 Å². The number of allylic oxidation sites excluding steroid dienone is 4. The highest BCUT2D eigenvalue weighted by Crippen LogP contribution is 2.29. The molecule has 3 aliphatic heterocycles. The van der Waals surface area contributed by atoms with Crippen LogP contribution in [0, 0.1) is 5.92 Å². The third-order valence-electron chi connectivity index (χ3n) is 8.67. The Labute approximate surface area is 279 Å². The number of hydrogen-bond acceptors (Lipinski definition) is 11. The molecule has 0 aliphatic carbocycles. The van der Waals surface area contributed by atoms with Gasteiger partial charge >= 0.3 is 12.1 Å². The summed E-state index contributed by atoms with van der Waals surface area (Å²) in [6.07, 6.45) is 9.88. The summed E-state index contributed by atoms with van der Waals surface area (Å²) in [5.41, 5.74) is -0.0869. The monoisotopic (exact) mass is 670 g/mol. The lowest BCUT2D eigenvalue weighted by molar-refractivity contribution is 0.0502. The van der Waals surface area contributed by atoms with Crippen LogP contribution in [-0.2, 0) is 9.47 Å². The molecule has 3 unspecified atom stereocenters. The average molecular weight is 671 g/mol. The van der Waals surface area contributed by atoms with Crippen molar-refractivity contribution in [3.63, 3.8) is 0 Å². The van der Waals surface area contributed by atoms with Crippen LogP contribution in [0.4, 0.5) is 25.5 Å². The maximum Gasteiger partial charge on any atom is 0.407 e. The number of carbonyl (C=O) groups excluding carboxylic acids is 2. The summed E-state index contributed by atoms with van der Waals surface area (Å²) >= 11 is 0. The van der Waals surface area contributed by atoms with E-state index in [4.69, 9.17) is 14.0 Å². The number of aromatic nitrogens is 4. The first-order chi connectivity index (χ1) is 22.9. The Bertz CT molecular complexity index is 1510. The van der Waals surface area contributed by atoms with E-state index in [2.05, 4.69) is 25.4 Å². The summed E-state index contributed by atoms with van der Waals surface area (Å²) in [4.78, 5) is 45.2. The fourth-order valence-electron chi connectivity index (χ4n) is 6.01. The fraction of sp³-hybridized carbons (Fsp3) is 0.576. The Morgan fingerprint density at radius 1 is 1.10 bits per heavy atom. The number of nitrogens with zero attached hydrogens (tertiary/aromatic N) is 7. The van der Waals surface area contributed by atoms with Crippen molar-refractivity contribution in [1.82, 2.24) is 30.3 Å². The number of amides is 2. The van der Waals surface area contributed by atoms with Crippen molar-refractivity contribution in [3.8, 4) is 0 Å². The topological polar surface area (TPSA) is 139 Å². The molecule has 3 atom stereocenters. The average Bonchev–Trinajstić information content (AvgIpc) is 3.84. The molecule has 0 aromatic carbocycles. The van der Waals surface area contributed by atoms with E-state index in [0.717, 1.165) is 31.8 Å². The van der Waals surface area contributed by atoms with Gasteiger partial charge in [-0.1, -0.05) is 17.3 Å². The Balaban J connectivity index is 1.19. The van der Waals surface area contributed by atoms with Crippen LogP contribution in [0.25, 0.3) is 0 Å². The Hall–Kier alpha value is -4.40. The predicted molar refractivity (Wildman–Crippen MR) is 174 cm³/mol. The minimum absolute atomic E-state index is 0.0162. The van der Waals surface area contributed by atoms with Crippen molar-refractivity contribution >= 4 is 24.0 Å². The fourth-order valence-corrected chi connectivity index (χ4v) is 6.01. The first-order valence-corrected chi connectivity index (χ1v) is 16.3. The quantitative estimate of drug-likeness (QED) is 0.358. The molecule has 2 aromatic rings. The molecule has 3 saturated heterocycles. The summed E-state index contributed by atoms with van der Waals surface area (Å²) in [5, 5.41) is 7.00. The highest BCUT2D eigenvalue weighted by Gasteiger charge is 2.35. The number of hydrogen-bond donors (Lipinski definition) is 1. The van der Waals surface area contributed by atoms with Gasteiger partial charge in [0.15, 0.2) is 0 Å². The van der Waals surface area contributed by atoms with Gasteiger partial charge < -0.3 is 34.0 Å². The van der Waals surface area contributed by atoms with E-state index in [-0.39, 0.29) is 35.9 Å². The van der Waals surface area contributed by atoms with Crippen molar-refractivity contribution < 1.29 is 32.4 Å². The molecule has 0 bridgehead atoms. The molecule has 2 amide bonds. The maximum absolute atomic E-state index is 14.1. The van der Waals surface area contributed by atoms with E-state index in [1.165, 1.54) is 19.3 Å². The second kappa shape index (κ2) is 15.2. The molecule has 15 heteroatoms. The number of halogens is 2. The molecule has 3 aliphatic rings. The predicted octanol–water partition coefficient (Wildman–Crippen LogP) is 5.06. The summed E-state index contributed by atoms with van der Waals surface area (Å²) in [7, 11) is 1.78. The van der Waals surface area contributed by atoms with Crippen LogP contribution in [0.3, 0.4) is 0 Å². The molecular weight excluding hydrogens is 626 g/mol. The number of carbonyl (C=O) groups is 2. The highest BCUT2D eigenvalue weighted by atomic mass is 19.1. The molecule has 3 fully saturated rings. The van der Waals surface area contributed by atoms with Crippen LogP contribution in [0.5, 0.6) is 0 Å². The molecule has 13 nitrogen and oxygen atoms in total. The van der Waals surface area contributed by atoms with E-state index in [0.29, 0.717) is 56.1 Å². The molecule has 48 heavy (non-hydrogen) atoms. The Morgan fingerprint density at radius 3 is 2.48 bits per heavy atom. The molecule has 0 spiro atoms. The number of nitrogens with one attached hydrogen (secondary N) is 1. The summed E-state index contributed by atoms with van der Waals surface area (Å²) in [5.74, 6) is -0.172. The lowest BCUT2D eigenvalue weighted by Crippen LogP contribution is -2.45. The van der Waals surface area contributed by atoms with Gasteiger partial charge in [-0.25, -0.2) is 23.5 Å². The number of piperidine rings is 1. The number of ether oxygens (including phenoxy) is 2. The number of rotatable bonds is 9.